The van der Waals surface area contributed by atoms with Crippen LogP contribution >= 0.6 is 0 Å². The maximum Gasteiger partial charge on any atom is 0.253 e. The van der Waals surface area contributed by atoms with Gasteiger partial charge in [0.15, 0.2) is 0 Å². The summed E-state index contributed by atoms with van der Waals surface area (Å²) in [4.78, 5) is 14.1. The van der Waals surface area contributed by atoms with E-state index in [1.54, 1.807) is 24.3 Å². The molecule has 1 amide bonds. The molecule has 1 aromatic carbocycles. The van der Waals surface area contributed by atoms with Crippen molar-refractivity contribution in [3.63, 3.8) is 0 Å². The predicted octanol–water partition coefficient (Wildman–Crippen LogP) is 1.59. The van der Waals surface area contributed by atoms with Crippen LogP contribution in [-0.2, 0) is 0 Å². The lowest BCUT2D eigenvalue weighted by molar-refractivity contribution is 0.0617. The number of carbonyl (C=O) groups excluding carboxylic acids is 1. The van der Waals surface area contributed by atoms with Crippen LogP contribution in [0.25, 0.3) is 0 Å². The van der Waals surface area contributed by atoms with Gasteiger partial charge in [0.2, 0.25) is 0 Å². The van der Waals surface area contributed by atoms with Gasteiger partial charge in [0, 0.05) is 18.7 Å². The molecule has 4 heteroatoms. The summed E-state index contributed by atoms with van der Waals surface area (Å²) in [5.74, 6) is 0.218. The molecule has 98 valence electrons. The summed E-state index contributed by atoms with van der Waals surface area (Å²) in [7, 11) is 0. The fourth-order valence-corrected chi connectivity index (χ4v) is 2.24. The van der Waals surface area contributed by atoms with E-state index in [1.165, 1.54) is 0 Å². The number of amides is 1. The van der Waals surface area contributed by atoms with E-state index >= 15 is 0 Å². The number of nitrogens with zero attached hydrogens (tertiary/aromatic N) is 1. The molecule has 1 aromatic rings. The number of aromatic hydroxyl groups is 1. The second kappa shape index (κ2) is 4.98. The Kier molecular flexibility index (Phi) is 3.57. The number of benzene rings is 1. The highest BCUT2D eigenvalue weighted by molar-refractivity contribution is 5.94. The molecule has 4 nitrogen and oxygen atoms in total. The highest BCUT2D eigenvalue weighted by Gasteiger charge is 2.30. The predicted molar refractivity (Wildman–Crippen MR) is 70.4 cm³/mol. The molecule has 1 aliphatic heterocycles. The molecule has 0 atom stereocenters. The smallest absolute Gasteiger partial charge is 0.253 e. The van der Waals surface area contributed by atoms with Gasteiger partial charge in [-0.15, -0.1) is 0 Å². The number of hydrogen-bond acceptors (Lipinski definition) is 3. The van der Waals surface area contributed by atoms with Gasteiger partial charge in [0.1, 0.15) is 5.75 Å². The van der Waals surface area contributed by atoms with Gasteiger partial charge < -0.3 is 15.7 Å². The summed E-state index contributed by atoms with van der Waals surface area (Å²) in [5.41, 5.74) is 6.56. The van der Waals surface area contributed by atoms with Crippen LogP contribution < -0.4 is 5.73 Å². The first-order chi connectivity index (χ1) is 8.54. The van der Waals surface area contributed by atoms with Crippen LogP contribution in [0.15, 0.2) is 24.3 Å². The van der Waals surface area contributed by atoms with Gasteiger partial charge >= 0.3 is 0 Å². The largest absolute Gasteiger partial charge is 0.508 e. The molecule has 0 bridgehead atoms. The molecule has 0 aromatic heterocycles. The van der Waals surface area contributed by atoms with E-state index in [-0.39, 0.29) is 17.1 Å². The van der Waals surface area contributed by atoms with Crippen molar-refractivity contribution in [1.82, 2.24) is 4.90 Å². The SMILES string of the molecule is CC1(CN)CCN(C(=O)c2ccc(O)cc2)CC1. The Balaban J connectivity index is 2.01. The van der Waals surface area contributed by atoms with Crippen molar-refractivity contribution in [1.29, 1.82) is 0 Å². The van der Waals surface area contributed by atoms with E-state index in [0.717, 1.165) is 25.9 Å². The summed E-state index contributed by atoms with van der Waals surface area (Å²) < 4.78 is 0. The van der Waals surface area contributed by atoms with Crippen molar-refractivity contribution < 1.29 is 9.90 Å². The second-order valence-electron chi connectivity index (χ2n) is 5.35. The molecule has 0 radical (unpaired) electrons. The third-order valence-corrected chi connectivity index (χ3v) is 3.86. The first kappa shape index (κ1) is 12.9. The lowest BCUT2D eigenvalue weighted by Gasteiger charge is -2.38. The first-order valence-electron chi connectivity index (χ1n) is 6.32. The minimum absolute atomic E-state index is 0.0362. The number of nitrogens with two attached hydrogens (primary N) is 1. The van der Waals surface area contributed by atoms with E-state index in [2.05, 4.69) is 6.92 Å². The lowest BCUT2D eigenvalue weighted by atomic mass is 9.80. The standard InChI is InChI=1S/C14H20N2O2/c1-14(10-15)6-8-16(9-7-14)13(18)11-2-4-12(17)5-3-11/h2-5,17H,6-10,15H2,1H3. The van der Waals surface area contributed by atoms with Gasteiger partial charge in [-0.2, -0.15) is 0 Å². The fourth-order valence-electron chi connectivity index (χ4n) is 2.24. The Morgan fingerprint density at radius 3 is 2.39 bits per heavy atom. The quantitative estimate of drug-likeness (QED) is 0.835. The normalized spacial score (nSPS) is 18.7. The van der Waals surface area contributed by atoms with Gasteiger partial charge in [-0.25, -0.2) is 0 Å². The van der Waals surface area contributed by atoms with E-state index in [0.29, 0.717) is 12.1 Å². The molecular weight excluding hydrogens is 228 g/mol. The van der Waals surface area contributed by atoms with Crippen LogP contribution in [0.5, 0.6) is 5.75 Å². The van der Waals surface area contributed by atoms with Crippen molar-refractivity contribution in [2.45, 2.75) is 19.8 Å². The zero-order valence-electron chi connectivity index (χ0n) is 10.7. The van der Waals surface area contributed by atoms with Crippen molar-refractivity contribution >= 4 is 5.91 Å². The van der Waals surface area contributed by atoms with Gasteiger partial charge in [-0.3, -0.25) is 4.79 Å². The van der Waals surface area contributed by atoms with Gasteiger partial charge in [0.05, 0.1) is 0 Å². The highest BCUT2D eigenvalue weighted by atomic mass is 16.3. The average Bonchev–Trinajstić information content (AvgIpc) is 2.40. The molecular formula is C14H20N2O2. The van der Waals surface area contributed by atoms with Crippen molar-refractivity contribution in [2.75, 3.05) is 19.6 Å². The molecule has 1 heterocycles. The number of phenolic OH excluding ortho intramolecular Hbond substituents is 1. The molecule has 18 heavy (non-hydrogen) atoms. The summed E-state index contributed by atoms with van der Waals surface area (Å²) in [6, 6.07) is 6.41. The molecule has 0 spiro atoms. The zero-order chi connectivity index (χ0) is 13.2. The molecule has 1 saturated heterocycles. The molecule has 1 fully saturated rings. The van der Waals surface area contributed by atoms with Crippen molar-refractivity contribution in [2.24, 2.45) is 11.1 Å². The minimum atomic E-state index is 0.0362. The number of phenols is 1. The van der Waals surface area contributed by atoms with Gasteiger partial charge in [-0.05, 0) is 49.1 Å². The van der Waals surface area contributed by atoms with Crippen LogP contribution in [0.4, 0.5) is 0 Å². The Morgan fingerprint density at radius 1 is 1.33 bits per heavy atom. The third-order valence-electron chi connectivity index (χ3n) is 3.86. The first-order valence-corrected chi connectivity index (χ1v) is 6.32. The van der Waals surface area contributed by atoms with Crippen LogP contribution in [-0.4, -0.2) is 35.5 Å². The highest BCUT2D eigenvalue weighted by Crippen LogP contribution is 2.30. The Morgan fingerprint density at radius 2 is 1.89 bits per heavy atom. The van der Waals surface area contributed by atoms with E-state index < -0.39 is 0 Å². The minimum Gasteiger partial charge on any atom is -0.508 e. The van der Waals surface area contributed by atoms with E-state index in [4.69, 9.17) is 5.73 Å². The Hall–Kier alpha value is -1.55. The number of rotatable bonds is 2. The third kappa shape index (κ3) is 2.64. The number of piperidine rings is 1. The zero-order valence-corrected chi connectivity index (χ0v) is 10.7. The number of carbonyl (C=O) groups is 1. The topological polar surface area (TPSA) is 66.6 Å². The number of likely N-dealkylation sites (tertiary alicyclic amines) is 1. The van der Waals surface area contributed by atoms with Crippen LogP contribution in [0.1, 0.15) is 30.1 Å². The number of hydrogen-bond donors (Lipinski definition) is 2. The molecule has 2 rings (SSSR count). The summed E-state index contributed by atoms with van der Waals surface area (Å²) >= 11 is 0. The van der Waals surface area contributed by atoms with Crippen molar-refractivity contribution in [3.05, 3.63) is 29.8 Å². The molecule has 0 saturated carbocycles. The monoisotopic (exact) mass is 248 g/mol. The summed E-state index contributed by atoms with van der Waals surface area (Å²) in [5, 5.41) is 9.21. The maximum absolute atomic E-state index is 12.2. The lowest BCUT2D eigenvalue weighted by Crippen LogP contribution is -2.44. The van der Waals surface area contributed by atoms with Crippen LogP contribution in [0.3, 0.4) is 0 Å². The molecule has 3 N–H and O–H groups in total. The molecule has 0 aliphatic carbocycles. The van der Waals surface area contributed by atoms with Crippen LogP contribution in [0, 0.1) is 5.41 Å². The van der Waals surface area contributed by atoms with Crippen molar-refractivity contribution in [3.8, 4) is 5.75 Å². The molecule has 1 aliphatic rings. The molecule has 0 unspecified atom stereocenters. The second-order valence-corrected chi connectivity index (χ2v) is 5.35. The summed E-state index contributed by atoms with van der Waals surface area (Å²) in [6.07, 6.45) is 1.90. The Bertz CT molecular complexity index is 420. The van der Waals surface area contributed by atoms with Gasteiger partial charge in [-0.1, -0.05) is 6.92 Å². The van der Waals surface area contributed by atoms with Crippen LogP contribution in [0.2, 0.25) is 0 Å². The average molecular weight is 248 g/mol. The van der Waals surface area contributed by atoms with E-state index in [9.17, 15) is 9.90 Å². The fraction of sp³-hybridized carbons (Fsp3) is 0.500. The van der Waals surface area contributed by atoms with Gasteiger partial charge in [0.25, 0.3) is 5.91 Å². The van der Waals surface area contributed by atoms with E-state index in [1.807, 2.05) is 4.90 Å². The summed E-state index contributed by atoms with van der Waals surface area (Å²) in [6.45, 7) is 4.37. The maximum atomic E-state index is 12.2. The Labute approximate surface area is 107 Å².